The maximum Gasteiger partial charge on any atom is 0.306 e. The summed E-state index contributed by atoms with van der Waals surface area (Å²) in [6.45, 7) is 4.75. The smallest absolute Gasteiger partial charge is 0.306 e. The molecule has 0 aliphatic heterocycles. The van der Waals surface area contributed by atoms with Crippen molar-refractivity contribution in [3.63, 3.8) is 0 Å². The Balaban J connectivity index is 2.05. The largest absolute Gasteiger partial charge is 0.497 e. The Morgan fingerprint density at radius 3 is 2.68 bits per heavy atom. The van der Waals surface area contributed by atoms with E-state index in [1.165, 1.54) is 0 Å². The van der Waals surface area contributed by atoms with Gasteiger partial charge in [0.2, 0.25) is 0 Å². The molecule has 1 aliphatic carbocycles. The van der Waals surface area contributed by atoms with Gasteiger partial charge in [0, 0.05) is 12.1 Å². The highest BCUT2D eigenvalue weighted by atomic mass is 16.5. The van der Waals surface area contributed by atoms with Crippen LogP contribution in [0.15, 0.2) is 18.2 Å². The molecule has 0 unspecified atom stereocenters. The first-order valence-electron chi connectivity index (χ1n) is 8.75. The first-order valence-corrected chi connectivity index (χ1v) is 8.75. The fourth-order valence-electron chi connectivity index (χ4n) is 2.94. The lowest BCUT2D eigenvalue weighted by Crippen LogP contribution is -2.33. The highest BCUT2D eigenvalue weighted by Crippen LogP contribution is 2.28. The highest BCUT2D eigenvalue weighted by molar-refractivity contribution is 5.97. The molecule has 1 aromatic carbocycles. The van der Waals surface area contributed by atoms with Crippen molar-refractivity contribution in [2.45, 2.75) is 45.6 Å². The number of hydrogen-bond donors (Lipinski definition) is 2. The molecule has 25 heavy (non-hydrogen) atoms. The van der Waals surface area contributed by atoms with Gasteiger partial charge in [0.1, 0.15) is 11.5 Å². The van der Waals surface area contributed by atoms with Gasteiger partial charge in [0.05, 0.1) is 25.2 Å². The molecule has 1 aromatic rings. The second-order valence-electron chi connectivity index (χ2n) is 6.91. The molecule has 0 radical (unpaired) electrons. The van der Waals surface area contributed by atoms with Crippen LogP contribution in [0.5, 0.6) is 11.5 Å². The molecule has 6 heteroatoms. The van der Waals surface area contributed by atoms with Crippen LogP contribution in [0.25, 0.3) is 0 Å². The zero-order valence-electron chi connectivity index (χ0n) is 15.1. The lowest BCUT2D eigenvalue weighted by Gasteiger charge is -2.16. The van der Waals surface area contributed by atoms with E-state index in [9.17, 15) is 9.59 Å². The van der Waals surface area contributed by atoms with Crippen LogP contribution >= 0.6 is 0 Å². The van der Waals surface area contributed by atoms with Crippen molar-refractivity contribution >= 4 is 11.9 Å². The average molecular weight is 349 g/mol. The van der Waals surface area contributed by atoms with Gasteiger partial charge >= 0.3 is 5.97 Å². The topological polar surface area (TPSA) is 84.9 Å². The number of rotatable bonds is 8. The molecular formula is C19H27NO5. The Morgan fingerprint density at radius 1 is 1.32 bits per heavy atom. The molecule has 0 saturated heterocycles. The summed E-state index contributed by atoms with van der Waals surface area (Å²) in [6.07, 6.45) is 2.64. The van der Waals surface area contributed by atoms with Crippen molar-refractivity contribution in [2.75, 3.05) is 13.7 Å². The molecule has 1 fully saturated rings. The number of amides is 1. The van der Waals surface area contributed by atoms with Crippen LogP contribution in [0.4, 0.5) is 0 Å². The zero-order valence-corrected chi connectivity index (χ0v) is 15.1. The van der Waals surface area contributed by atoms with Crippen molar-refractivity contribution in [3.05, 3.63) is 23.8 Å². The predicted octanol–water partition coefficient (Wildman–Crippen LogP) is 3.10. The maximum atomic E-state index is 12.6. The van der Waals surface area contributed by atoms with E-state index < -0.39 is 5.97 Å². The van der Waals surface area contributed by atoms with Crippen molar-refractivity contribution < 1.29 is 24.2 Å². The number of carboxylic acid groups (broad SMARTS) is 1. The van der Waals surface area contributed by atoms with Gasteiger partial charge in [-0.1, -0.05) is 13.8 Å². The van der Waals surface area contributed by atoms with Crippen molar-refractivity contribution in [3.8, 4) is 11.5 Å². The van der Waals surface area contributed by atoms with Crippen LogP contribution in [0.2, 0.25) is 0 Å². The average Bonchev–Trinajstić information content (AvgIpc) is 3.03. The van der Waals surface area contributed by atoms with Gasteiger partial charge in [0.25, 0.3) is 5.91 Å². The number of aliphatic carboxylic acids is 1. The number of ether oxygens (including phenoxy) is 2. The summed E-state index contributed by atoms with van der Waals surface area (Å²) in [5.41, 5.74) is 0.448. The van der Waals surface area contributed by atoms with Crippen molar-refractivity contribution in [1.82, 2.24) is 5.32 Å². The molecule has 1 saturated carbocycles. The number of nitrogens with one attached hydrogen (secondary N) is 1. The predicted molar refractivity (Wildman–Crippen MR) is 94.2 cm³/mol. The van der Waals surface area contributed by atoms with E-state index in [2.05, 4.69) is 19.2 Å². The summed E-state index contributed by atoms with van der Waals surface area (Å²) in [4.78, 5) is 23.7. The lowest BCUT2D eigenvalue weighted by molar-refractivity contribution is -0.141. The molecule has 6 nitrogen and oxygen atoms in total. The quantitative estimate of drug-likeness (QED) is 0.753. The number of carbonyl (C=O) groups excluding carboxylic acids is 1. The van der Waals surface area contributed by atoms with E-state index in [-0.39, 0.29) is 17.9 Å². The number of hydrogen-bond acceptors (Lipinski definition) is 4. The third kappa shape index (κ3) is 5.37. The van der Waals surface area contributed by atoms with E-state index in [1.54, 1.807) is 25.3 Å². The van der Waals surface area contributed by atoms with E-state index >= 15 is 0 Å². The molecule has 0 bridgehead atoms. The second-order valence-corrected chi connectivity index (χ2v) is 6.91. The Kier molecular flexibility index (Phi) is 6.67. The molecule has 1 amide bonds. The number of benzene rings is 1. The third-order valence-corrected chi connectivity index (χ3v) is 4.50. The molecule has 0 heterocycles. The van der Waals surface area contributed by atoms with E-state index in [1.807, 2.05) is 0 Å². The summed E-state index contributed by atoms with van der Waals surface area (Å²) in [7, 11) is 1.57. The standard InChI is InChI=1S/C19H27NO5/c1-12(2)8-9-25-17-11-15(24-3)6-7-16(17)18(21)20-14-5-4-13(10-14)19(22)23/h6-7,11-14H,4-5,8-10H2,1-3H3,(H,20,21)(H,22,23)/t13-,14+/m0/s1. The molecule has 2 rings (SSSR count). The fourth-order valence-corrected chi connectivity index (χ4v) is 2.94. The normalized spacial score (nSPS) is 19.7. The van der Waals surface area contributed by atoms with Crippen molar-refractivity contribution in [2.24, 2.45) is 11.8 Å². The van der Waals surface area contributed by atoms with Gasteiger partial charge in [0.15, 0.2) is 0 Å². The van der Waals surface area contributed by atoms with Gasteiger partial charge in [-0.3, -0.25) is 9.59 Å². The molecule has 0 aromatic heterocycles. The van der Waals surface area contributed by atoms with Gasteiger partial charge in [-0.15, -0.1) is 0 Å². The van der Waals surface area contributed by atoms with Crippen LogP contribution in [0, 0.1) is 11.8 Å². The Bertz CT molecular complexity index is 614. The summed E-state index contributed by atoms with van der Waals surface area (Å²) in [5.74, 6) is 0.225. The zero-order chi connectivity index (χ0) is 18.4. The fraction of sp³-hybridized carbons (Fsp3) is 0.579. The molecule has 138 valence electrons. The summed E-state index contributed by atoms with van der Waals surface area (Å²) >= 11 is 0. The van der Waals surface area contributed by atoms with E-state index in [4.69, 9.17) is 14.6 Å². The number of carboxylic acids is 1. The monoisotopic (exact) mass is 349 g/mol. The molecular weight excluding hydrogens is 322 g/mol. The molecule has 0 spiro atoms. The first-order chi connectivity index (χ1) is 11.9. The van der Waals surface area contributed by atoms with E-state index in [0.29, 0.717) is 48.8 Å². The van der Waals surface area contributed by atoms with E-state index in [0.717, 1.165) is 6.42 Å². The summed E-state index contributed by atoms with van der Waals surface area (Å²) in [5, 5.41) is 12.0. The minimum Gasteiger partial charge on any atom is -0.497 e. The van der Waals surface area contributed by atoms with Gasteiger partial charge in [-0.05, 0) is 43.7 Å². The highest BCUT2D eigenvalue weighted by Gasteiger charge is 2.31. The van der Waals surface area contributed by atoms with Crippen molar-refractivity contribution in [1.29, 1.82) is 0 Å². The summed E-state index contributed by atoms with van der Waals surface area (Å²) < 4.78 is 11.0. The summed E-state index contributed by atoms with van der Waals surface area (Å²) in [6, 6.07) is 5.00. The number of methoxy groups -OCH3 is 1. The van der Waals surface area contributed by atoms with Crippen LogP contribution in [-0.2, 0) is 4.79 Å². The van der Waals surface area contributed by atoms with Crippen LogP contribution in [0.1, 0.15) is 49.9 Å². The molecule has 2 N–H and O–H groups in total. The SMILES string of the molecule is COc1ccc(C(=O)N[C@@H]2CC[C@H](C(=O)O)C2)c(OCCC(C)C)c1. The number of carbonyl (C=O) groups is 2. The van der Waals surface area contributed by atoms with Crippen LogP contribution in [-0.4, -0.2) is 36.7 Å². The Hall–Kier alpha value is -2.24. The Labute approximate surface area is 148 Å². The van der Waals surface area contributed by atoms with Crippen LogP contribution < -0.4 is 14.8 Å². The maximum absolute atomic E-state index is 12.6. The van der Waals surface area contributed by atoms with Gasteiger partial charge in [-0.2, -0.15) is 0 Å². The van der Waals surface area contributed by atoms with Gasteiger partial charge in [-0.25, -0.2) is 0 Å². The lowest BCUT2D eigenvalue weighted by atomic mass is 10.1. The first kappa shape index (κ1) is 19.1. The molecule has 2 atom stereocenters. The third-order valence-electron chi connectivity index (χ3n) is 4.50. The molecule has 1 aliphatic rings. The minimum absolute atomic E-state index is 0.112. The van der Waals surface area contributed by atoms with Crippen LogP contribution in [0.3, 0.4) is 0 Å². The minimum atomic E-state index is -0.793. The Morgan fingerprint density at radius 2 is 2.08 bits per heavy atom. The second kappa shape index (κ2) is 8.74. The van der Waals surface area contributed by atoms with Gasteiger partial charge < -0.3 is 19.9 Å².